The molecule has 1 atom stereocenters. The molecule has 3 heterocycles. The van der Waals surface area contributed by atoms with Crippen LogP contribution in [0.15, 0.2) is 36.7 Å². The Morgan fingerprint density at radius 3 is 1.98 bits per heavy atom. The van der Waals surface area contributed by atoms with Crippen LogP contribution in [0.1, 0.15) is 11.1 Å². The molecule has 1 aliphatic heterocycles. The van der Waals surface area contributed by atoms with Crippen molar-refractivity contribution < 1.29 is 33.6 Å². The summed E-state index contributed by atoms with van der Waals surface area (Å²) in [6.07, 6.45) is 2.80. The van der Waals surface area contributed by atoms with E-state index < -0.39 is 17.9 Å². The maximum absolute atomic E-state index is 13.4. The van der Waals surface area contributed by atoms with Gasteiger partial charge in [-0.3, -0.25) is 14.9 Å². The van der Waals surface area contributed by atoms with Crippen molar-refractivity contribution in [2.75, 3.05) is 49.1 Å². The van der Waals surface area contributed by atoms with Crippen LogP contribution in [-0.4, -0.2) is 86.6 Å². The number of imide groups is 1. The number of hydrogen-bond acceptors (Lipinski definition) is 8. The first-order valence-corrected chi connectivity index (χ1v) is 12.6. The predicted molar refractivity (Wildman–Crippen MR) is 151 cm³/mol. The van der Waals surface area contributed by atoms with Gasteiger partial charge in [0.1, 0.15) is 0 Å². The Kier molecular flexibility index (Phi) is 7.17. The van der Waals surface area contributed by atoms with Gasteiger partial charge in [-0.25, -0.2) is 0 Å². The summed E-state index contributed by atoms with van der Waals surface area (Å²) < 4.78 is 23.8. The van der Waals surface area contributed by atoms with Gasteiger partial charge in [-0.1, -0.05) is 0 Å². The van der Waals surface area contributed by atoms with Crippen LogP contribution in [0.2, 0.25) is 0 Å². The molecule has 0 radical (unpaired) electrons. The van der Waals surface area contributed by atoms with Gasteiger partial charge in [-0.05, 0) is 26.2 Å². The first-order chi connectivity index (χ1) is 19.2. The third-order valence-electron chi connectivity index (χ3n) is 7.03. The van der Waals surface area contributed by atoms with E-state index in [1.807, 2.05) is 23.6 Å². The van der Waals surface area contributed by atoms with Gasteiger partial charge in [0, 0.05) is 65.0 Å². The van der Waals surface area contributed by atoms with Crippen LogP contribution in [0.25, 0.3) is 33.0 Å². The number of likely N-dealkylation sites (N-methyl/N-ethyl adjacent to an activating group) is 1. The van der Waals surface area contributed by atoms with E-state index in [0.717, 1.165) is 5.52 Å². The van der Waals surface area contributed by atoms with Crippen molar-refractivity contribution in [2.45, 2.75) is 12.6 Å². The topological polar surface area (TPSA) is 127 Å². The number of nitrogens with zero attached hydrogens (tertiary/aromatic N) is 2. The molecule has 2 aromatic heterocycles. The van der Waals surface area contributed by atoms with Gasteiger partial charge in [0.05, 0.1) is 51.2 Å². The highest BCUT2D eigenvalue weighted by Gasteiger charge is 2.35. The van der Waals surface area contributed by atoms with Gasteiger partial charge in [-0.15, -0.1) is 0 Å². The number of carbonyl (C=O) groups is 2. The van der Waals surface area contributed by atoms with Crippen LogP contribution >= 0.6 is 0 Å². The summed E-state index contributed by atoms with van der Waals surface area (Å²) in [5.74, 6) is 0.971. The Balaban J connectivity index is 1.78. The highest BCUT2D eigenvalue weighted by atomic mass is 16.5. The maximum atomic E-state index is 13.4. The van der Waals surface area contributed by atoms with Crippen LogP contribution in [0.3, 0.4) is 0 Å². The third-order valence-corrected chi connectivity index (χ3v) is 7.03. The summed E-state index contributed by atoms with van der Waals surface area (Å²) in [5, 5.41) is 14.6. The van der Waals surface area contributed by atoms with Gasteiger partial charge >= 0.3 is 0 Å². The van der Waals surface area contributed by atoms with Gasteiger partial charge in [0.25, 0.3) is 11.8 Å². The zero-order valence-electron chi connectivity index (χ0n) is 23.2. The molecule has 3 N–H and O–H groups in total. The molecule has 1 aliphatic rings. The molecule has 11 nitrogen and oxygen atoms in total. The molecule has 11 heteroatoms. The first kappa shape index (κ1) is 27.1. The lowest BCUT2D eigenvalue weighted by atomic mass is 9.95. The molecule has 0 aliphatic carbocycles. The van der Waals surface area contributed by atoms with Gasteiger partial charge in [-0.2, -0.15) is 0 Å². The normalized spacial score (nSPS) is 14.4. The number of aliphatic hydroxyl groups is 1. The van der Waals surface area contributed by atoms with E-state index in [1.165, 1.54) is 14.2 Å². The van der Waals surface area contributed by atoms with Gasteiger partial charge in [0.2, 0.25) is 0 Å². The first-order valence-electron chi connectivity index (χ1n) is 12.6. The smallest absolute Gasteiger partial charge is 0.259 e. The second-order valence-electron chi connectivity index (χ2n) is 9.82. The molecule has 0 fully saturated rings. The zero-order valence-corrected chi connectivity index (χ0v) is 23.2. The lowest BCUT2D eigenvalue weighted by Gasteiger charge is -2.17. The van der Waals surface area contributed by atoms with Crippen LogP contribution in [0, 0.1) is 0 Å². The van der Waals surface area contributed by atoms with Crippen molar-refractivity contribution in [3.8, 4) is 23.0 Å². The van der Waals surface area contributed by atoms with E-state index >= 15 is 0 Å². The largest absolute Gasteiger partial charge is 0.493 e. The molecular weight excluding hydrogens is 516 g/mol. The predicted octanol–water partition coefficient (Wildman–Crippen LogP) is 2.65. The number of H-pyrrole nitrogens is 1. The number of aromatic nitrogens is 2. The van der Waals surface area contributed by atoms with Crippen LogP contribution in [-0.2, 0) is 16.1 Å². The fraction of sp³-hybridized carbons (Fsp3) is 0.310. The highest BCUT2D eigenvalue weighted by molar-refractivity contribution is 6.50. The van der Waals surface area contributed by atoms with Crippen LogP contribution < -0.4 is 24.3 Å². The Bertz CT molecular complexity index is 1660. The number of rotatable bonds is 10. The fourth-order valence-corrected chi connectivity index (χ4v) is 5.30. The van der Waals surface area contributed by atoms with E-state index in [-0.39, 0.29) is 17.7 Å². The van der Waals surface area contributed by atoms with Gasteiger partial charge in [0.15, 0.2) is 23.0 Å². The Labute approximate surface area is 230 Å². The van der Waals surface area contributed by atoms with Crippen molar-refractivity contribution in [1.29, 1.82) is 0 Å². The number of aliphatic hydroxyl groups excluding tert-OH is 1. The Morgan fingerprint density at radius 2 is 1.38 bits per heavy atom. The van der Waals surface area contributed by atoms with Gasteiger partial charge < -0.3 is 38.5 Å². The molecule has 0 spiro atoms. The molecule has 0 saturated heterocycles. The molecular formula is C29H32N4O7. The molecule has 0 saturated carbocycles. The molecule has 5 rings (SSSR count). The maximum Gasteiger partial charge on any atom is 0.259 e. The lowest BCUT2D eigenvalue weighted by molar-refractivity contribution is -0.122. The van der Waals surface area contributed by atoms with E-state index in [2.05, 4.69) is 10.3 Å². The summed E-state index contributed by atoms with van der Waals surface area (Å²) in [4.78, 5) is 31.8. The van der Waals surface area contributed by atoms with Crippen molar-refractivity contribution in [2.24, 2.45) is 0 Å². The second kappa shape index (κ2) is 10.6. The quantitative estimate of drug-likeness (QED) is 0.258. The van der Waals surface area contributed by atoms with Crippen LogP contribution in [0.5, 0.6) is 23.0 Å². The van der Waals surface area contributed by atoms with E-state index in [4.69, 9.17) is 18.9 Å². The zero-order chi connectivity index (χ0) is 28.7. The molecule has 0 bridgehead atoms. The third kappa shape index (κ3) is 4.52. The number of carbonyl (C=O) groups excluding carboxylic acids is 2. The van der Waals surface area contributed by atoms with Crippen molar-refractivity contribution in [1.82, 2.24) is 19.8 Å². The number of ether oxygens (including phenoxy) is 4. The Hall–Kier alpha value is -4.48. The van der Waals surface area contributed by atoms with Crippen molar-refractivity contribution in [3.05, 3.63) is 47.8 Å². The molecule has 210 valence electrons. The summed E-state index contributed by atoms with van der Waals surface area (Å²) in [5.41, 5.74) is 2.96. The number of aromatic amines is 1. The van der Waals surface area contributed by atoms with E-state index in [1.54, 1.807) is 50.9 Å². The SMILES string of the molecule is COc1cc2[nH]cc(C3=C(c4cn(CC(O)CN(C)C)c5cc(OC)c(OC)cc45)C(=O)NC3=O)c2cc1OC. The molecule has 40 heavy (non-hydrogen) atoms. The second-order valence-corrected chi connectivity index (χ2v) is 9.82. The lowest BCUT2D eigenvalue weighted by Crippen LogP contribution is -2.29. The minimum absolute atomic E-state index is 0.221. The number of benzene rings is 2. The van der Waals surface area contributed by atoms with Crippen molar-refractivity contribution >= 4 is 44.8 Å². The molecule has 2 amide bonds. The summed E-state index contributed by atoms with van der Waals surface area (Å²) in [6, 6.07) is 7.14. The number of amides is 2. The minimum Gasteiger partial charge on any atom is -0.493 e. The standard InChI is InChI=1S/C29H32N4O7/c1-32(2)12-15(34)13-33-14-19(17-8-23(38-4)25(40-6)10-21(17)33)27-26(28(35)31-29(27)36)18-11-30-20-9-24(39-5)22(37-3)7-16(18)20/h7-11,14-15,30,34H,12-13H2,1-6H3,(H,31,35,36). The van der Waals surface area contributed by atoms with E-state index in [0.29, 0.717) is 57.0 Å². The average Bonchev–Trinajstić information content (AvgIpc) is 3.57. The van der Waals surface area contributed by atoms with Crippen LogP contribution in [0.4, 0.5) is 0 Å². The summed E-state index contributed by atoms with van der Waals surface area (Å²) in [7, 11) is 9.93. The molecule has 1 unspecified atom stereocenters. The van der Waals surface area contributed by atoms with E-state index in [9.17, 15) is 14.7 Å². The van der Waals surface area contributed by atoms with Crippen molar-refractivity contribution in [3.63, 3.8) is 0 Å². The average molecular weight is 549 g/mol. The monoisotopic (exact) mass is 548 g/mol. The Morgan fingerprint density at radius 1 is 0.825 bits per heavy atom. The number of hydrogen-bond donors (Lipinski definition) is 3. The number of fused-ring (bicyclic) bond motifs is 2. The number of nitrogens with one attached hydrogen (secondary N) is 2. The molecule has 2 aromatic carbocycles. The number of methoxy groups -OCH3 is 4. The minimum atomic E-state index is -0.685. The fourth-order valence-electron chi connectivity index (χ4n) is 5.30. The molecule has 4 aromatic rings. The summed E-state index contributed by atoms with van der Waals surface area (Å²) in [6.45, 7) is 0.697. The highest BCUT2D eigenvalue weighted by Crippen LogP contribution is 2.43. The summed E-state index contributed by atoms with van der Waals surface area (Å²) >= 11 is 0.